The van der Waals surface area contributed by atoms with E-state index in [1.165, 1.54) is 10.2 Å². The van der Waals surface area contributed by atoms with Crippen LogP contribution in [0.2, 0.25) is 5.02 Å². The molecule has 4 saturated heterocycles. The van der Waals surface area contributed by atoms with E-state index in [2.05, 4.69) is 50.8 Å². The Morgan fingerprint density at radius 1 is 0.981 bits per heavy atom. The number of aryl methyl sites for hydroxylation is 1. The SMILES string of the molecule is COc1cc(N2CCC3(CCN(C(=O)c4ccc([C@@H]5C[C@H](Nc6cnn(C)c(=O)c6Cl)CN(C)C5)cc4)CC3)CC2)ccc1C1CCC(=O)NC1=O. The third kappa shape index (κ3) is 7.41. The number of hydrogen-bond acceptors (Lipinski definition) is 9. The predicted molar refractivity (Wildman–Crippen MR) is 200 cm³/mol. The molecule has 4 fully saturated rings. The van der Waals surface area contributed by atoms with E-state index in [1.807, 2.05) is 29.2 Å². The van der Waals surface area contributed by atoms with E-state index >= 15 is 0 Å². The maximum Gasteiger partial charge on any atom is 0.287 e. The number of likely N-dealkylation sites (N-methyl/N-ethyl adjacent to an activating group) is 1. The highest BCUT2D eigenvalue weighted by Gasteiger charge is 2.39. The number of anilines is 2. The zero-order chi connectivity index (χ0) is 36.6. The van der Waals surface area contributed by atoms with Gasteiger partial charge in [-0.2, -0.15) is 5.10 Å². The van der Waals surface area contributed by atoms with Crippen LogP contribution >= 0.6 is 11.6 Å². The second kappa shape index (κ2) is 14.9. The van der Waals surface area contributed by atoms with Gasteiger partial charge in [-0.3, -0.25) is 24.5 Å². The summed E-state index contributed by atoms with van der Waals surface area (Å²) in [5.41, 5.74) is 4.28. The average Bonchev–Trinajstić information content (AvgIpc) is 3.15. The molecule has 1 unspecified atom stereocenters. The minimum absolute atomic E-state index is 0.0927. The number of halogens is 1. The highest BCUT2D eigenvalue weighted by atomic mass is 35.5. The first-order valence-electron chi connectivity index (χ1n) is 18.4. The molecule has 2 N–H and O–H groups in total. The van der Waals surface area contributed by atoms with E-state index in [9.17, 15) is 19.2 Å². The molecular weight excluding hydrogens is 682 g/mol. The van der Waals surface area contributed by atoms with Crippen molar-refractivity contribution in [2.75, 3.05) is 63.6 Å². The summed E-state index contributed by atoms with van der Waals surface area (Å²) in [5.74, 6) is 0.174. The van der Waals surface area contributed by atoms with E-state index in [0.717, 1.165) is 88.2 Å². The van der Waals surface area contributed by atoms with Gasteiger partial charge in [0.2, 0.25) is 11.8 Å². The minimum Gasteiger partial charge on any atom is -0.496 e. The first-order chi connectivity index (χ1) is 25.0. The van der Waals surface area contributed by atoms with Crippen molar-refractivity contribution in [3.8, 4) is 5.75 Å². The largest absolute Gasteiger partial charge is 0.496 e. The fraction of sp³-hybridized carbons (Fsp3) is 0.513. The van der Waals surface area contributed by atoms with Crippen molar-refractivity contribution in [1.29, 1.82) is 0 Å². The number of ether oxygens (including phenoxy) is 1. The van der Waals surface area contributed by atoms with E-state index < -0.39 is 0 Å². The fourth-order valence-electron chi connectivity index (χ4n) is 8.68. The third-order valence-electron chi connectivity index (χ3n) is 11.8. The van der Waals surface area contributed by atoms with Crippen LogP contribution in [-0.4, -0.2) is 96.8 Å². The number of rotatable bonds is 7. The zero-order valence-electron chi connectivity index (χ0n) is 30.2. The molecule has 13 heteroatoms. The van der Waals surface area contributed by atoms with Gasteiger partial charge in [0.1, 0.15) is 10.8 Å². The van der Waals surface area contributed by atoms with Gasteiger partial charge in [-0.05, 0) is 80.7 Å². The summed E-state index contributed by atoms with van der Waals surface area (Å²) in [6.45, 7) is 5.10. The number of nitrogens with zero attached hydrogens (tertiary/aromatic N) is 5. The molecule has 1 spiro atoms. The van der Waals surface area contributed by atoms with Gasteiger partial charge in [0.25, 0.3) is 11.5 Å². The second-order valence-corrected chi connectivity index (χ2v) is 15.5. The lowest BCUT2D eigenvalue weighted by atomic mass is 9.71. The molecule has 3 aromatic rings. The molecule has 7 rings (SSSR count). The van der Waals surface area contributed by atoms with Crippen LogP contribution < -0.4 is 25.8 Å². The molecule has 52 heavy (non-hydrogen) atoms. The number of methoxy groups -OCH3 is 1. The maximum atomic E-state index is 13.6. The van der Waals surface area contributed by atoms with Crippen LogP contribution in [0.15, 0.2) is 53.5 Å². The topological polar surface area (TPSA) is 129 Å². The van der Waals surface area contributed by atoms with Crippen molar-refractivity contribution in [2.45, 2.75) is 62.8 Å². The highest BCUT2D eigenvalue weighted by molar-refractivity contribution is 6.32. The quantitative estimate of drug-likeness (QED) is 0.341. The Bertz CT molecular complexity index is 1880. The number of nitrogens with one attached hydrogen (secondary N) is 2. The van der Waals surface area contributed by atoms with Crippen LogP contribution in [0.4, 0.5) is 11.4 Å². The van der Waals surface area contributed by atoms with Gasteiger partial charge in [0.05, 0.1) is 24.9 Å². The number of benzene rings is 2. The van der Waals surface area contributed by atoms with Gasteiger partial charge >= 0.3 is 0 Å². The van der Waals surface area contributed by atoms with Crippen molar-refractivity contribution in [1.82, 2.24) is 24.9 Å². The Morgan fingerprint density at radius 3 is 2.38 bits per heavy atom. The first kappa shape index (κ1) is 36.0. The lowest BCUT2D eigenvalue weighted by Crippen LogP contribution is -2.48. The Morgan fingerprint density at radius 2 is 1.69 bits per heavy atom. The first-order valence-corrected chi connectivity index (χ1v) is 18.7. The highest BCUT2D eigenvalue weighted by Crippen LogP contribution is 2.43. The predicted octanol–water partition coefficient (Wildman–Crippen LogP) is 4.39. The number of hydrogen-bond donors (Lipinski definition) is 2. The Kier molecular flexibility index (Phi) is 10.3. The van der Waals surface area contributed by atoms with Crippen LogP contribution in [0.5, 0.6) is 5.75 Å². The molecular formula is C39H48ClN7O5. The molecule has 3 amide bonds. The zero-order valence-corrected chi connectivity index (χ0v) is 31.0. The summed E-state index contributed by atoms with van der Waals surface area (Å²) in [7, 11) is 5.30. The van der Waals surface area contributed by atoms with Gasteiger partial charge in [-0.1, -0.05) is 29.8 Å². The molecule has 0 aliphatic carbocycles. The third-order valence-corrected chi connectivity index (χ3v) is 12.2. The number of carbonyl (C=O) groups is 3. The van der Waals surface area contributed by atoms with Gasteiger partial charge in [-0.15, -0.1) is 0 Å². The molecule has 1 aromatic heterocycles. The van der Waals surface area contributed by atoms with Crippen LogP contribution in [0.25, 0.3) is 0 Å². The Balaban J connectivity index is 0.918. The smallest absolute Gasteiger partial charge is 0.287 e. The van der Waals surface area contributed by atoms with Crippen molar-refractivity contribution < 1.29 is 19.1 Å². The Hall–Kier alpha value is -4.42. The monoisotopic (exact) mass is 729 g/mol. The molecule has 12 nitrogen and oxygen atoms in total. The second-order valence-electron chi connectivity index (χ2n) is 15.1. The number of aromatic nitrogens is 2. The maximum absolute atomic E-state index is 13.6. The van der Waals surface area contributed by atoms with Crippen LogP contribution in [0.1, 0.15) is 78.3 Å². The molecule has 0 radical (unpaired) electrons. The van der Waals surface area contributed by atoms with Gasteiger partial charge in [0.15, 0.2) is 0 Å². The van der Waals surface area contributed by atoms with Crippen LogP contribution in [-0.2, 0) is 16.6 Å². The molecule has 4 aliphatic rings. The van der Waals surface area contributed by atoms with E-state index in [0.29, 0.717) is 24.3 Å². The number of likely N-dealkylation sites (tertiary alicyclic amines) is 2. The van der Waals surface area contributed by atoms with Crippen LogP contribution in [0.3, 0.4) is 0 Å². The van der Waals surface area contributed by atoms with Gasteiger partial charge in [0, 0.05) is 81.7 Å². The summed E-state index contributed by atoms with van der Waals surface area (Å²) in [6, 6.07) is 14.3. The number of piperidine rings is 4. The fourth-order valence-corrected chi connectivity index (χ4v) is 8.90. The molecule has 3 atom stereocenters. The van der Waals surface area contributed by atoms with Crippen molar-refractivity contribution in [3.63, 3.8) is 0 Å². The van der Waals surface area contributed by atoms with E-state index in [-0.39, 0.29) is 51.6 Å². The summed E-state index contributed by atoms with van der Waals surface area (Å²) in [4.78, 5) is 56.7. The molecule has 0 saturated carbocycles. The lowest BCUT2D eigenvalue weighted by Gasteiger charge is -2.47. The molecule has 276 valence electrons. The molecule has 4 aliphatic heterocycles. The van der Waals surface area contributed by atoms with Crippen LogP contribution in [0, 0.1) is 5.41 Å². The molecule has 2 aromatic carbocycles. The van der Waals surface area contributed by atoms with Crippen molar-refractivity contribution in [3.05, 3.63) is 80.7 Å². The summed E-state index contributed by atoms with van der Waals surface area (Å²) in [6.07, 6.45) is 7.42. The Labute approximate surface area is 309 Å². The van der Waals surface area contributed by atoms with E-state index in [4.69, 9.17) is 16.3 Å². The molecule has 0 bridgehead atoms. The number of amides is 3. The standard InChI is InChI=1S/C39H48ClN7O5/c1-44-23-27(20-28(24-44)42-32-22-41-45(2)38(51)35(32)40)25-4-6-26(7-5-25)37(50)47-18-14-39(15-19-47)12-16-46(17-13-39)29-8-9-30(33(21-29)52-3)31-10-11-34(48)43-36(31)49/h4-9,21-22,27-28,31,42H,10-20,23-24H2,1-3H3,(H,43,48,49)/t27-,28+,31?/m1/s1. The summed E-state index contributed by atoms with van der Waals surface area (Å²) >= 11 is 6.32. The normalized spacial score (nSPS) is 23.7. The lowest BCUT2D eigenvalue weighted by molar-refractivity contribution is -0.134. The van der Waals surface area contributed by atoms with E-state index in [1.54, 1.807) is 20.4 Å². The van der Waals surface area contributed by atoms with Crippen molar-refractivity contribution >= 4 is 40.7 Å². The average molecular weight is 730 g/mol. The minimum atomic E-state index is -0.384. The number of carbonyl (C=O) groups excluding carboxylic acids is 3. The van der Waals surface area contributed by atoms with Gasteiger partial charge in [-0.25, -0.2) is 4.68 Å². The summed E-state index contributed by atoms with van der Waals surface area (Å²) < 4.78 is 6.94. The van der Waals surface area contributed by atoms with Crippen molar-refractivity contribution in [2.24, 2.45) is 12.5 Å². The number of imide groups is 1. The molecule has 5 heterocycles. The van der Waals surface area contributed by atoms with Gasteiger partial charge < -0.3 is 24.8 Å². The summed E-state index contributed by atoms with van der Waals surface area (Å²) in [5, 5.41) is 10.2.